The molecule has 0 spiro atoms. The number of ether oxygens (including phenoxy) is 2. The van der Waals surface area contributed by atoms with E-state index in [0.717, 1.165) is 12.5 Å². The van der Waals surface area contributed by atoms with E-state index in [-0.39, 0.29) is 6.61 Å². The number of benzene rings is 1. The maximum Gasteiger partial charge on any atom is 0.167 e. The van der Waals surface area contributed by atoms with Gasteiger partial charge in [0.1, 0.15) is 30.2 Å². The molecule has 0 amide bonds. The van der Waals surface area contributed by atoms with Gasteiger partial charge in [-0.15, -0.1) is 0 Å². The van der Waals surface area contributed by atoms with Gasteiger partial charge in [-0.2, -0.15) is 0 Å². The average molecular weight is 472 g/mol. The first-order valence-electron chi connectivity index (χ1n) is 11.7. The largest absolute Gasteiger partial charge is 0.394 e. The van der Waals surface area contributed by atoms with Crippen LogP contribution >= 0.6 is 0 Å². The molecule has 184 valence electrons. The van der Waals surface area contributed by atoms with Crippen molar-refractivity contribution >= 4 is 17.0 Å². The second-order valence-electron chi connectivity index (χ2n) is 8.77. The molecule has 0 unspecified atom stereocenters. The predicted molar refractivity (Wildman–Crippen MR) is 126 cm³/mol. The van der Waals surface area contributed by atoms with Crippen molar-refractivity contribution in [2.24, 2.45) is 5.92 Å². The lowest BCUT2D eigenvalue weighted by Crippen LogP contribution is -2.33. The van der Waals surface area contributed by atoms with Crippen molar-refractivity contribution in [1.29, 1.82) is 0 Å². The smallest absolute Gasteiger partial charge is 0.167 e. The molecule has 3 aromatic rings. The van der Waals surface area contributed by atoms with Crippen LogP contribution in [0.25, 0.3) is 11.2 Å². The van der Waals surface area contributed by atoms with Gasteiger partial charge in [0.15, 0.2) is 17.7 Å². The molecule has 10 heteroatoms. The van der Waals surface area contributed by atoms with Gasteiger partial charge in [0.25, 0.3) is 0 Å². The minimum atomic E-state index is -1.17. The molecule has 1 saturated heterocycles. The molecule has 0 radical (unpaired) electrons. The molecular weight excluding hydrogens is 438 g/mol. The molecule has 1 aromatic carbocycles. The van der Waals surface area contributed by atoms with Crippen molar-refractivity contribution in [3.8, 4) is 0 Å². The summed E-state index contributed by atoms with van der Waals surface area (Å²) in [6.07, 6.45) is 3.22. The Morgan fingerprint density at radius 2 is 1.91 bits per heavy atom. The molecule has 1 aliphatic carbocycles. The fraction of sp³-hybridized carbons (Fsp3) is 0.542. The molecule has 1 saturated carbocycles. The summed E-state index contributed by atoms with van der Waals surface area (Å²) in [7, 11) is 1.72. The maximum absolute atomic E-state index is 10.0. The quantitative estimate of drug-likeness (QED) is 0.425. The van der Waals surface area contributed by atoms with Crippen molar-refractivity contribution in [1.82, 2.24) is 19.5 Å². The zero-order valence-corrected chi connectivity index (χ0v) is 19.5. The normalized spacial score (nSPS) is 28.6. The number of aliphatic hydroxyl groups excluding tert-OH is 3. The van der Waals surface area contributed by atoms with Crippen LogP contribution < -0.4 is 5.32 Å². The summed E-state index contributed by atoms with van der Waals surface area (Å²) in [5, 5.41) is 31.8. The van der Waals surface area contributed by atoms with E-state index in [0.29, 0.717) is 23.1 Å². The van der Waals surface area contributed by atoms with Crippen LogP contribution in [0.15, 0.2) is 43.0 Å². The van der Waals surface area contributed by atoms with Crippen molar-refractivity contribution in [2.75, 3.05) is 19.0 Å². The number of nitrogens with zero attached hydrogens (tertiary/aromatic N) is 4. The topological polar surface area (TPSA) is 135 Å². The van der Waals surface area contributed by atoms with Crippen LogP contribution in [-0.4, -0.2) is 72.9 Å². The van der Waals surface area contributed by atoms with Crippen LogP contribution in [0.3, 0.4) is 0 Å². The Labute approximate surface area is 198 Å². The number of aromatic nitrogens is 4. The monoisotopic (exact) mass is 471 g/mol. The number of rotatable bonds is 6. The molecule has 0 bridgehead atoms. The van der Waals surface area contributed by atoms with Gasteiger partial charge in [0.2, 0.25) is 0 Å². The van der Waals surface area contributed by atoms with Crippen LogP contribution in [0.1, 0.15) is 38.0 Å². The molecule has 1 aliphatic heterocycles. The Morgan fingerprint density at radius 1 is 1.12 bits per heavy atom. The summed E-state index contributed by atoms with van der Waals surface area (Å²) in [5.74, 6) is 1.30. The Kier molecular flexibility index (Phi) is 8.07. The van der Waals surface area contributed by atoms with Crippen molar-refractivity contribution in [2.45, 2.75) is 63.4 Å². The number of nitrogens with one attached hydrogen (secondary N) is 1. The second kappa shape index (κ2) is 11.2. The second-order valence-corrected chi connectivity index (χ2v) is 8.77. The lowest BCUT2D eigenvalue weighted by Gasteiger charge is -2.16. The number of aliphatic hydroxyl groups is 3. The molecule has 2 aromatic heterocycles. The number of fused-ring (bicyclic) bond motifs is 1. The van der Waals surface area contributed by atoms with Gasteiger partial charge in [0.05, 0.1) is 25.6 Å². The minimum absolute atomic E-state index is 0.377. The summed E-state index contributed by atoms with van der Waals surface area (Å²) in [6, 6.07) is 10.4. The maximum atomic E-state index is 10.0. The highest BCUT2D eigenvalue weighted by Gasteiger charge is 2.44. The molecule has 6 atom stereocenters. The molecule has 2 aliphatic rings. The number of hydrogen-bond donors (Lipinski definition) is 4. The molecule has 34 heavy (non-hydrogen) atoms. The molecule has 2 fully saturated rings. The molecule has 10 nitrogen and oxygen atoms in total. The van der Waals surface area contributed by atoms with Gasteiger partial charge in [-0.1, -0.05) is 43.7 Å². The van der Waals surface area contributed by atoms with Crippen LogP contribution in [0, 0.1) is 5.92 Å². The molecule has 3 heterocycles. The van der Waals surface area contributed by atoms with Gasteiger partial charge in [-0.05, 0) is 24.3 Å². The predicted octanol–water partition coefficient (Wildman–Crippen LogP) is 1.87. The van der Waals surface area contributed by atoms with Gasteiger partial charge in [-0.25, -0.2) is 15.0 Å². The van der Waals surface area contributed by atoms with Gasteiger partial charge in [0, 0.05) is 7.05 Å². The first kappa shape index (κ1) is 24.5. The standard InChI is InChI=1S/C13H18O.C11H15N5O4/c1-11-6-5-9-13(11)14-10-12-7-3-2-4-8-12;1-12-9-6-10(14-3-13-9)16(4-15-6)11-8(19)7(18)5(2-17)20-11/h2-4,7-8,11,13H,5-6,9-10H2,1H3;3-5,7-8,11,17-19H,2H2,1H3,(H,12,13,14)/t11-,13-;5-,7-,8-,11-/m11/s1. The third-order valence-corrected chi connectivity index (χ3v) is 6.48. The van der Waals surface area contributed by atoms with E-state index in [9.17, 15) is 10.2 Å². The molecule has 4 N–H and O–H groups in total. The van der Waals surface area contributed by atoms with Crippen LogP contribution in [0.5, 0.6) is 0 Å². The number of anilines is 1. The zero-order valence-electron chi connectivity index (χ0n) is 19.5. The Bertz CT molecular complexity index is 1050. The van der Waals surface area contributed by atoms with Gasteiger partial charge >= 0.3 is 0 Å². The lowest BCUT2D eigenvalue weighted by molar-refractivity contribution is -0.0511. The number of imidazole rings is 1. The first-order chi connectivity index (χ1) is 16.5. The first-order valence-corrected chi connectivity index (χ1v) is 11.7. The fourth-order valence-corrected chi connectivity index (χ4v) is 4.47. The van der Waals surface area contributed by atoms with E-state index < -0.39 is 24.5 Å². The molecular formula is C24H33N5O5. The highest BCUT2D eigenvalue weighted by Crippen LogP contribution is 2.32. The Hall–Kier alpha value is -2.63. The van der Waals surface area contributed by atoms with E-state index in [1.54, 1.807) is 7.05 Å². The minimum Gasteiger partial charge on any atom is -0.394 e. The zero-order chi connectivity index (χ0) is 24.1. The van der Waals surface area contributed by atoms with Crippen LogP contribution in [0.2, 0.25) is 0 Å². The Balaban J connectivity index is 0.000000172. The number of hydrogen-bond acceptors (Lipinski definition) is 9. The third-order valence-electron chi connectivity index (χ3n) is 6.48. The van der Waals surface area contributed by atoms with E-state index in [1.165, 1.54) is 42.0 Å². The highest BCUT2D eigenvalue weighted by molar-refractivity contribution is 5.82. The fourth-order valence-electron chi connectivity index (χ4n) is 4.47. The summed E-state index contributed by atoms with van der Waals surface area (Å²) in [4.78, 5) is 12.3. The highest BCUT2D eigenvalue weighted by atomic mass is 16.6. The SMILES string of the molecule is CNc1ncnc2c1ncn2[C@@H]1O[C@H](CO)[C@@H](O)[C@H]1O.C[C@@H]1CCC[C@H]1OCc1ccccc1. The van der Waals surface area contributed by atoms with E-state index in [4.69, 9.17) is 14.6 Å². The summed E-state index contributed by atoms with van der Waals surface area (Å²) in [5.41, 5.74) is 2.29. The lowest BCUT2D eigenvalue weighted by atomic mass is 10.1. The van der Waals surface area contributed by atoms with E-state index in [1.807, 2.05) is 6.07 Å². The van der Waals surface area contributed by atoms with Gasteiger partial charge < -0.3 is 30.1 Å². The van der Waals surface area contributed by atoms with E-state index >= 15 is 0 Å². The van der Waals surface area contributed by atoms with Crippen molar-refractivity contribution in [3.63, 3.8) is 0 Å². The van der Waals surface area contributed by atoms with Gasteiger partial charge in [-0.3, -0.25) is 4.57 Å². The summed E-state index contributed by atoms with van der Waals surface area (Å²) < 4.78 is 12.9. The Morgan fingerprint density at radius 3 is 2.56 bits per heavy atom. The van der Waals surface area contributed by atoms with E-state index in [2.05, 4.69) is 51.5 Å². The summed E-state index contributed by atoms with van der Waals surface area (Å²) >= 11 is 0. The van der Waals surface area contributed by atoms with Crippen molar-refractivity contribution < 1.29 is 24.8 Å². The average Bonchev–Trinajstić information content (AvgIpc) is 3.56. The van der Waals surface area contributed by atoms with Crippen LogP contribution in [0.4, 0.5) is 5.82 Å². The van der Waals surface area contributed by atoms with Crippen molar-refractivity contribution in [3.05, 3.63) is 48.5 Å². The third kappa shape index (κ3) is 5.21. The van der Waals surface area contributed by atoms with Crippen LogP contribution in [-0.2, 0) is 16.1 Å². The molecule has 5 rings (SSSR count). The summed E-state index contributed by atoms with van der Waals surface area (Å²) in [6.45, 7) is 2.69.